The normalized spacial score (nSPS) is 11.4. The number of aldehydes is 1. The number of hydrogen-bond acceptors (Lipinski definition) is 3. The molecule has 0 aliphatic rings. The van der Waals surface area contributed by atoms with Gasteiger partial charge in [-0.15, -0.1) is 11.3 Å². The lowest BCUT2D eigenvalue weighted by Crippen LogP contribution is -2.18. The molecule has 0 spiro atoms. The molecule has 1 aromatic heterocycles. The van der Waals surface area contributed by atoms with Crippen molar-refractivity contribution in [2.75, 3.05) is 0 Å². The molecule has 0 aromatic carbocycles. The second kappa shape index (κ2) is 4.69. The molecule has 3 nitrogen and oxygen atoms in total. The third-order valence-electron chi connectivity index (χ3n) is 2.10. The van der Waals surface area contributed by atoms with Gasteiger partial charge in [0.2, 0.25) is 0 Å². The molecule has 1 heterocycles. The van der Waals surface area contributed by atoms with E-state index in [1.165, 1.54) is 13.0 Å². The Labute approximate surface area is 94.7 Å². The van der Waals surface area contributed by atoms with E-state index in [1.807, 2.05) is 0 Å². The summed E-state index contributed by atoms with van der Waals surface area (Å²) >= 11 is 0.718. The summed E-state index contributed by atoms with van der Waals surface area (Å²) in [5, 5.41) is 8.79. The summed E-state index contributed by atoms with van der Waals surface area (Å²) in [6, 6.07) is 1.21. The summed E-state index contributed by atoms with van der Waals surface area (Å²) in [4.78, 5) is 21.2. The van der Waals surface area contributed by atoms with E-state index in [0.29, 0.717) is 6.29 Å². The van der Waals surface area contributed by atoms with Gasteiger partial charge in [0, 0.05) is 12.8 Å². The number of carboxylic acid groups (broad SMARTS) is 1. The van der Waals surface area contributed by atoms with Gasteiger partial charge in [-0.2, -0.15) is 0 Å². The minimum atomic E-state index is -2.94. The molecule has 0 saturated carbocycles. The van der Waals surface area contributed by atoms with E-state index in [9.17, 15) is 18.4 Å². The van der Waals surface area contributed by atoms with E-state index in [0.717, 1.165) is 11.3 Å². The number of halogens is 2. The number of alkyl halides is 2. The largest absolute Gasteiger partial charge is 0.477 e. The highest BCUT2D eigenvalue weighted by Gasteiger charge is 2.30. The summed E-state index contributed by atoms with van der Waals surface area (Å²) in [7, 11) is 0. The standard InChI is InChI=1S/C10H10F2O3S/c1-2-10(11,12)4-6-3-7(5-13)16-8(6)9(14)15/h3,5H,2,4H2,1H3,(H,14,15). The van der Waals surface area contributed by atoms with Gasteiger partial charge in [-0.3, -0.25) is 4.79 Å². The molecule has 0 aliphatic heterocycles. The Hall–Kier alpha value is -1.30. The number of carboxylic acids is 1. The van der Waals surface area contributed by atoms with E-state index in [-0.39, 0.29) is 21.7 Å². The van der Waals surface area contributed by atoms with Crippen molar-refractivity contribution in [1.29, 1.82) is 0 Å². The molecular formula is C10H10F2O3S. The van der Waals surface area contributed by atoms with Crippen LogP contribution in [-0.4, -0.2) is 23.3 Å². The lowest BCUT2D eigenvalue weighted by atomic mass is 10.1. The molecule has 6 heteroatoms. The van der Waals surface area contributed by atoms with Gasteiger partial charge in [-0.05, 0) is 11.6 Å². The molecule has 1 rings (SSSR count). The third kappa shape index (κ3) is 2.85. The molecule has 16 heavy (non-hydrogen) atoms. The Morgan fingerprint density at radius 2 is 2.25 bits per heavy atom. The SMILES string of the molecule is CCC(F)(F)Cc1cc(C=O)sc1C(=O)O. The number of aromatic carboxylic acids is 1. The number of carbonyl (C=O) groups is 2. The van der Waals surface area contributed by atoms with E-state index in [1.54, 1.807) is 0 Å². The molecule has 0 bridgehead atoms. The van der Waals surface area contributed by atoms with Crippen molar-refractivity contribution in [3.8, 4) is 0 Å². The molecule has 0 atom stereocenters. The predicted octanol–water partition coefficient (Wildman–Crippen LogP) is 2.85. The van der Waals surface area contributed by atoms with Crippen LogP contribution in [0.1, 0.15) is 38.3 Å². The Balaban J connectivity index is 3.07. The van der Waals surface area contributed by atoms with Gasteiger partial charge in [0.1, 0.15) is 4.88 Å². The monoisotopic (exact) mass is 248 g/mol. The van der Waals surface area contributed by atoms with Crippen LogP contribution in [0.5, 0.6) is 0 Å². The zero-order valence-electron chi connectivity index (χ0n) is 8.50. The summed E-state index contributed by atoms with van der Waals surface area (Å²) in [5.41, 5.74) is 0.0199. The van der Waals surface area contributed by atoms with Crippen LogP contribution < -0.4 is 0 Å². The van der Waals surface area contributed by atoms with Crippen LogP contribution >= 0.6 is 11.3 Å². The van der Waals surface area contributed by atoms with Gasteiger partial charge in [0.05, 0.1) is 4.88 Å². The van der Waals surface area contributed by atoms with Crippen molar-refractivity contribution in [2.45, 2.75) is 25.7 Å². The van der Waals surface area contributed by atoms with Crippen LogP contribution in [0.3, 0.4) is 0 Å². The first-order valence-electron chi connectivity index (χ1n) is 4.58. The third-order valence-corrected chi connectivity index (χ3v) is 3.20. The second-order valence-electron chi connectivity index (χ2n) is 3.31. The highest BCUT2D eigenvalue weighted by molar-refractivity contribution is 7.15. The summed E-state index contributed by atoms with van der Waals surface area (Å²) in [6.07, 6.45) is -0.543. The quantitative estimate of drug-likeness (QED) is 0.815. The highest BCUT2D eigenvalue weighted by atomic mass is 32.1. The first-order valence-corrected chi connectivity index (χ1v) is 5.40. The van der Waals surface area contributed by atoms with Crippen LogP contribution in [0.2, 0.25) is 0 Å². The number of thiophene rings is 1. The van der Waals surface area contributed by atoms with Crippen molar-refractivity contribution < 1.29 is 23.5 Å². The number of hydrogen-bond donors (Lipinski definition) is 1. The van der Waals surface area contributed by atoms with E-state index >= 15 is 0 Å². The average molecular weight is 248 g/mol. The maximum atomic E-state index is 13.1. The fourth-order valence-corrected chi connectivity index (χ4v) is 2.06. The van der Waals surface area contributed by atoms with Gasteiger partial charge in [0.25, 0.3) is 5.92 Å². The molecule has 0 aliphatic carbocycles. The Kier molecular flexibility index (Phi) is 3.74. The van der Waals surface area contributed by atoms with Gasteiger partial charge in [0.15, 0.2) is 6.29 Å². The molecule has 88 valence electrons. The van der Waals surface area contributed by atoms with Crippen molar-refractivity contribution in [3.05, 3.63) is 21.4 Å². The lowest BCUT2D eigenvalue weighted by Gasteiger charge is -2.12. The van der Waals surface area contributed by atoms with Crippen LogP contribution in [0, 0.1) is 0 Å². The molecule has 0 fully saturated rings. The van der Waals surface area contributed by atoms with E-state index in [2.05, 4.69) is 0 Å². The predicted molar refractivity (Wildman–Crippen MR) is 55.6 cm³/mol. The number of carbonyl (C=O) groups excluding carboxylic acids is 1. The van der Waals surface area contributed by atoms with Gasteiger partial charge < -0.3 is 5.11 Å². The molecule has 1 N–H and O–H groups in total. The van der Waals surface area contributed by atoms with Crippen LogP contribution in [0.25, 0.3) is 0 Å². The summed E-state index contributed by atoms with van der Waals surface area (Å²) in [5.74, 6) is -4.22. The van der Waals surface area contributed by atoms with Crippen molar-refractivity contribution >= 4 is 23.6 Å². The van der Waals surface area contributed by atoms with Gasteiger partial charge in [-0.1, -0.05) is 6.92 Å². The zero-order valence-corrected chi connectivity index (χ0v) is 9.31. The van der Waals surface area contributed by atoms with E-state index < -0.39 is 18.3 Å². The van der Waals surface area contributed by atoms with Gasteiger partial charge >= 0.3 is 5.97 Å². The van der Waals surface area contributed by atoms with Crippen LogP contribution in [0.15, 0.2) is 6.07 Å². The maximum absolute atomic E-state index is 13.1. The molecule has 0 radical (unpaired) electrons. The van der Waals surface area contributed by atoms with Crippen molar-refractivity contribution in [1.82, 2.24) is 0 Å². The minimum absolute atomic E-state index is 0.0199. The van der Waals surface area contributed by atoms with Gasteiger partial charge in [-0.25, -0.2) is 13.6 Å². The topological polar surface area (TPSA) is 54.4 Å². The Morgan fingerprint density at radius 3 is 2.69 bits per heavy atom. The summed E-state index contributed by atoms with van der Waals surface area (Å²) < 4.78 is 26.2. The Morgan fingerprint density at radius 1 is 1.62 bits per heavy atom. The smallest absolute Gasteiger partial charge is 0.346 e. The van der Waals surface area contributed by atoms with Crippen LogP contribution in [-0.2, 0) is 6.42 Å². The minimum Gasteiger partial charge on any atom is -0.477 e. The molecule has 0 amide bonds. The molecule has 0 unspecified atom stereocenters. The zero-order chi connectivity index (χ0) is 12.3. The first-order chi connectivity index (χ1) is 7.39. The van der Waals surface area contributed by atoms with Crippen molar-refractivity contribution in [3.63, 3.8) is 0 Å². The first kappa shape index (κ1) is 12.8. The van der Waals surface area contributed by atoms with Crippen LogP contribution in [0.4, 0.5) is 8.78 Å². The maximum Gasteiger partial charge on any atom is 0.346 e. The second-order valence-corrected chi connectivity index (χ2v) is 4.40. The highest BCUT2D eigenvalue weighted by Crippen LogP contribution is 2.29. The van der Waals surface area contributed by atoms with Crippen molar-refractivity contribution in [2.24, 2.45) is 0 Å². The molecule has 1 aromatic rings. The molecule has 0 saturated heterocycles. The summed E-state index contributed by atoms with van der Waals surface area (Å²) in [6.45, 7) is 1.33. The fourth-order valence-electron chi connectivity index (χ4n) is 1.22. The number of rotatable bonds is 5. The van der Waals surface area contributed by atoms with E-state index in [4.69, 9.17) is 5.11 Å². The average Bonchev–Trinajstić information content (AvgIpc) is 2.60. The Bertz CT molecular complexity index is 412. The lowest BCUT2D eigenvalue weighted by molar-refractivity contribution is -0.00228. The fraction of sp³-hybridized carbons (Fsp3) is 0.400. The molecular weight excluding hydrogens is 238 g/mol.